The number of para-hydroxylation sites is 1. The number of hydrogen-bond donors (Lipinski definition) is 1. The van der Waals surface area contributed by atoms with Crippen LogP contribution in [0.5, 0.6) is 5.75 Å². The van der Waals surface area contributed by atoms with Gasteiger partial charge in [-0.3, -0.25) is 4.79 Å². The van der Waals surface area contributed by atoms with Gasteiger partial charge in [-0.2, -0.15) is 0 Å². The van der Waals surface area contributed by atoms with Crippen molar-refractivity contribution in [2.45, 2.75) is 18.9 Å². The second kappa shape index (κ2) is 4.04. The van der Waals surface area contributed by atoms with Crippen LogP contribution in [0.2, 0.25) is 0 Å². The molecule has 2 N–H and O–H groups in total. The third kappa shape index (κ3) is 2.10. The standard InChI is InChI=1S/C12H16N2O2/c1-14(2)12(15)9-4-3-5-10(13)11(9)16-8-6-7-8/h3-5,8H,6-7,13H2,1-2H3. The molecule has 16 heavy (non-hydrogen) atoms. The Kier molecular flexibility index (Phi) is 2.73. The molecule has 0 spiro atoms. The van der Waals surface area contributed by atoms with Crippen LogP contribution in [0.4, 0.5) is 5.69 Å². The van der Waals surface area contributed by atoms with Crippen LogP contribution in [-0.2, 0) is 0 Å². The summed E-state index contributed by atoms with van der Waals surface area (Å²) < 4.78 is 5.69. The zero-order chi connectivity index (χ0) is 11.7. The fourth-order valence-electron chi connectivity index (χ4n) is 1.45. The molecule has 0 atom stereocenters. The minimum atomic E-state index is -0.0806. The first-order valence-electron chi connectivity index (χ1n) is 5.36. The number of ether oxygens (including phenoxy) is 1. The van der Waals surface area contributed by atoms with E-state index < -0.39 is 0 Å². The Labute approximate surface area is 95.0 Å². The summed E-state index contributed by atoms with van der Waals surface area (Å²) in [5.41, 5.74) is 6.91. The molecule has 1 aromatic carbocycles. The third-order valence-corrected chi connectivity index (χ3v) is 2.49. The van der Waals surface area contributed by atoms with E-state index in [0.717, 1.165) is 12.8 Å². The van der Waals surface area contributed by atoms with Crippen molar-refractivity contribution in [3.63, 3.8) is 0 Å². The normalized spacial score (nSPS) is 14.6. The molecule has 1 aromatic rings. The molecular weight excluding hydrogens is 204 g/mol. The number of rotatable bonds is 3. The van der Waals surface area contributed by atoms with Gasteiger partial charge in [0.1, 0.15) is 0 Å². The van der Waals surface area contributed by atoms with Crippen molar-refractivity contribution in [2.24, 2.45) is 0 Å². The zero-order valence-corrected chi connectivity index (χ0v) is 9.56. The van der Waals surface area contributed by atoms with Gasteiger partial charge in [-0.05, 0) is 25.0 Å². The van der Waals surface area contributed by atoms with Crippen molar-refractivity contribution in [2.75, 3.05) is 19.8 Å². The van der Waals surface area contributed by atoms with Gasteiger partial charge in [-0.25, -0.2) is 0 Å². The molecule has 1 aliphatic rings. The van der Waals surface area contributed by atoms with E-state index in [9.17, 15) is 4.79 Å². The lowest BCUT2D eigenvalue weighted by molar-refractivity contribution is 0.0823. The van der Waals surface area contributed by atoms with Gasteiger partial charge in [0.25, 0.3) is 5.91 Å². The number of nitrogen functional groups attached to an aromatic ring is 1. The summed E-state index contributed by atoms with van der Waals surface area (Å²) >= 11 is 0. The summed E-state index contributed by atoms with van der Waals surface area (Å²) in [6, 6.07) is 5.27. The highest BCUT2D eigenvalue weighted by Crippen LogP contribution is 2.33. The molecule has 1 aliphatic carbocycles. The lowest BCUT2D eigenvalue weighted by Crippen LogP contribution is -2.23. The third-order valence-electron chi connectivity index (χ3n) is 2.49. The summed E-state index contributed by atoms with van der Waals surface area (Å²) in [5.74, 6) is 0.451. The quantitative estimate of drug-likeness (QED) is 0.785. The van der Waals surface area contributed by atoms with Crippen LogP contribution in [0.1, 0.15) is 23.2 Å². The van der Waals surface area contributed by atoms with Crippen molar-refractivity contribution in [1.82, 2.24) is 4.90 Å². The van der Waals surface area contributed by atoms with Gasteiger partial charge in [-0.1, -0.05) is 6.07 Å². The SMILES string of the molecule is CN(C)C(=O)c1cccc(N)c1OC1CC1. The number of carbonyl (C=O) groups excluding carboxylic acids is 1. The van der Waals surface area contributed by atoms with Crippen molar-refractivity contribution >= 4 is 11.6 Å². The first-order valence-corrected chi connectivity index (χ1v) is 5.36. The number of benzene rings is 1. The van der Waals surface area contributed by atoms with Crippen LogP contribution in [0.3, 0.4) is 0 Å². The molecule has 4 nitrogen and oxygen atoms in total. The predicted octanol–water partition coefficient (Wildman–Crippen LogP) is 1.51. The Bertz CT molecular complexity index is 411. The molecule has 2 rings (SSSR count). The van der Waals surface area contributed by atoms with E-state index in [4.69, 9.17) is 10.5 Å². The minimum Gasteiger partial charge on any atom is -0.487 e. The van der Waals surface area contributed by atoms with E-state index in [1.54, 1.807) is 32.3 Å². The molecule has 0 unspecified atom stereocenters. The predicted molar refractivity (Wildman–Crippen MR) is 62.5 cm³/mol. The molecule has 1 amide bonds. The highest BCUT2D eigenvalue weighted by atomic mass is 16.5. The van der Waals surface area contributed by atoms with E-state index in [-0.39, 0.29) is 12.0 Å². The molecule has 1 saturated carbocycles. The summed E-state index contributed by atoms with van der Waals surface area (Å²) in [6.07, 6.45) is 2.33. The second-order valence-electron chi connectivity index (χ2n) is 4.24. The Balaban J connectivity index is 2.34. The van der Waals surface area contributed by atoms with Crippen LogP contribution in [0.15, 0.2) is 18.2 Å². The van der Waals surface area contributed by atoms with Gasteiger partial charge in [-0.15, -0.1) is 0 Å². The number of nitrogens with two attached hydrogens (primary N) is 1. The second-order valence-corrected chi connectivity index (χ2v) is 4.24. The topological polar surface area (TPSA) is 55.6 Å². The minimum absolute atomic E-state index is 0.0806. The van der Waals surface area contributed by atoms with Crippen LogP contribution < -0.4 is 10.5 Å². The molecular formula is C12H16N2O2. The highest BCUT2D eigenvalue weighted by Gasteiger charge is 2.27. The van der Waals surface area contributed by atoms with E-state index >= 15 is 0 Å². The maximum atomic E-state index is 11.9. The van der Waals surface area contributed by atoms with E-state index in [0.29, 0.717) is 17.0 Å². The number of hydrogen-bond acceptors (Lipinski definition) is 3. The lowest BCUT2D eigenvalue weighted by atomic mass is 10.1. The largest absolute Gasteiger partial charge is 0.487 e. The molecule has 4 heteroatoms. The first kappa shape index (κ1) is 10.8. The molecule has 86 valence electrons. The number of anilines is 1. The maximum absolute atomic E-state index is 11.9. The fourth-order valence-corrected chi connectivity index (χ4v) is 1.45. The molecule has 0 saturated heterocycles. The van der Waals surface area contributed by atoms with Gasteiger partial charge >= 0.3 is 0 Å². The van der Waals surface area contributed by atoms with E-state index in [2.05, 4.69) is 0 Å². The lowest BCUT2D eigenvalue weighted by Gasteiger charge is -2.16. The molecule has 0 aromatic heterocycles. The van der Waals surface area contributed by atoms with Gasteiger partial charge in [0, 0.05) is 14.1 Å². The maximum Gasteiger partial charge on any atom is 0.257 e. The molecule has 0 radical (unpaired) electrons. The van der Waals surface area contributed by atoms with Crippen LogP contribution in [0.25, 0.3) is 0 Å². The summed E-state index contributed by atoms with van der Waals surface area (Å²) in [5, 5.41) is 0. The van der Waals surface area contributed by atoms with Crippen LogP contribution in [0, 0.1) is 0 Å². The monoisotopic (exact) mass is 220 g/mol. The van der Waals surface area contributed by atoms with Gasteiger partial charge in [0.05, 0.1) is 17.4 Å². The summed E-state index contributed by atoms with van der Waals surface area (Å²) in [4.78, 5) is 13.4. The Hall–Kier alpha value is -1.71. The number of amides is 1. The van der Waals surface area contributed by atoms with Crippen LogP contribution >= 0.6 is 0 Å². The molecule has 0 aliphatic heterocycles. The highest BCUT2D eigenvalue weighted by molar-refractivity contribution is 5.98. The van der Waals surface area contributed by atoms with Crippen molar-refractivity contribution in [1.29, 1.82) is 0 Å². The van der Waals surface area contributed by atoms with Crippen molar-refractivity contribution in [3.8, 4) is 5.75 Å². The van der Waals surface area contributed by atoms with Crippen LogP contribution in [-0.4, -0.2) is 31.0 Å². The van der Waals surface area contributed by atoms with E-state index in [1.165, 1.54) is 4.90 Å². The molecule has 1 fully saturated rings. The molecule has 0 heterocycles. The van der Waals surface area contributed by atoms with Gasteiger partial charge < -0.3 is 15.4 Å². The van der Waals surface area contributed by atoms with Crippen molar-refractivity contribution in [3.05, 3.63) is 23.8 Å². The Morgan fingerprint density at radius 3 is 2.69 bits per heavy atom. The summed E-state index contributed by atoms with van der Waals surface area (Å²) in [6.45, 7) is 0. The first-order chi connectivity index (χ1) is 7.59. The average molecular weight is 220 g/mol. The smallest absolute Gasteiger partial charge is 0.257 e. The Morgan fingerprint density at radius 1 is 1.44 bits per heavy atom. The van der Waals surface area contributed by atoms with Gasteiger partial charge in [0.2, 0.25) is 0 Å². The van der Waals surface area contributed by atoms with Crippen molar-refractivity contribution < 1.29 is 9.53 Å². The van der Waals surface area contributed by atoms with Gasteiger partial charge in [0.15, 0.2) is 5.75 Å². The number of carbonyl (C=O) groups is 1. The Morgan fingerprint density at radius 2 is 2.12 bits per heavy atom. The summed E-state index contributed by atoms with van der Waals surface area (Å²) in [7, 11) is 3.43. The average Bonchev–Trinajstić information content (AvgIpc) is 3.03. The van der Waals surface area contributed by atoms with E-state index in [1.807, 2.05) is 0 Å². The molecule has 0 bridgehead atoms. The zero-order valence-electron chi connectivity index (χ0n) is 9.56. The number of nitrogens with zero attached hydrogens (tertiary/aromatic N) is 1. The fraction of sp³-hybridized carbons (Fsp3) is 0.417.